The summed E-state index contributed by atoms with van der Waals surface area (Å²) in [6.45, 7) is 2.06. The van der Waals surface area contributed by atoms with Gasteiger partial charge < -0.3 is 9.84 Å². The van der Waals surface area contributed by atoms with Crippen molar-refractivity contribution in [2.24, 2.45) is 0 Å². The van der Waals surface area contributed by atoms with E-state index in [1.807, 2.05) is 6.07 Å². The molecule has 65 valence electrons. The fraction of sp³-hybridized carbons (Fsp3) is 0.400. The van der Waals surface area contributed by atoms with Gasteiger partial charge in [0, 0.05) is 11.6 Å². The zero-order chi connectivity index (χ0) is 8.97. The van der Waals surface area contributed by atoms with Crippen LogP contribution in [0.25, 0.3) is 0 Å². The first-order chi connectivity index (χ1) is 5.79. The van der Waals surface area contributed by atoms with E-state index in [0.717, 1.165) is 24.2 Å². The fourth-order valence-electron chi connectivity index (χ4n) is 1.18. The number of methoxy groups -OCH3 is 1. The lowest BCUT2D eigenvalue weighted by Gasteiger charge is -2.08. The first-order valence-electron chi connectivity index (χ1n) is 4.06. The highest BCUT2D eigenvalue weighted by Crippen LogP contribution is 2.27. The number of phenols is 1. The summed E-state index contributed by atoms with van der Waals surface area (Å²) in [5, 5.41) is 9.42. The van der Waals surface area contributed by atoms with Crippen LogP contribution in [-0.4, -0.2) is 12.2 Å². The molecule has 0 aliphatic rings. The van der Waals surface area contributed by atoms with Crippen LogP contribution >= 0.6 is 0 Å². The number of ether oxygens (including phenoxy) is 1. The second-order valence-electron chi connectivity index (χ2n) is 2.62. The van der Waals surface area contributed by atoms with Gasteiger partial charge in [-0.2, -0.15) is 0 Å². The highest BCUT2D eigenvalue weighted by molar-refractivity contribution is 5.43. The average molecular weight is 165 g/mol. The molecule has 2 heteroatoms. The van der Waals surface area contributed by atoms with Crippen LogP contribution < -0.4 is 4.74 Å². The normalized spacial score (nSPS) is 9.83. The molecule has 0 aliphatic carbocycles. The first-order valence-corrected chi connectivity index (χ1v) is 4.06. The molecule has 0 amide bonds. The zero-order valence-electron chi connectivity index (χ0n) is 7.42. The predicted octanol–water partition coefficient (Wildman–Crippen LogP) is 2.15. The summed E-state index contributed by atoms with van der Waals surface area (Å²) < 4.78 is 5.10. The van der Waals surface area contributed by atoms with E-state index in [0.29, 0.717) is 0 Å². The zero-order valence-corrected chi connectivity index (χ0v) is 7.42. The van der Waals surface area contributed by atoms with Gasteiger partial charge in [-0.1, -0.05) is 13.3 Å². The van der Waals surface area contributed by atoms with E-state index in [1.54, 1.807) is 13.2 Å². The standard InChI is InChI=1S/C10H13O2/c1-3-5-8-9(11)6-4-7-10(8)12-2/h4,7,11H,3,5H2,1-2H3. The van der Waals surface area contributed by atoms with Crippen molar-refractivity contribution in [2.75, 3.05) is 7.11 Å². The summed E-state index contributed by atoms with van der Waals surface area (Å²) in [5.41, 5.74) is 0.850. The summed E-state index contributed by atoms with van der Waals surface area (Å²) in [7, 11) is 1.61. The van der Waals surface area contributed by atoms with Gasteiger partial charge in [-0.3, -0.25) is 0 Å². The minimum Gasteiger partial charge on any atom is -0.507 e. The van der Waals surface area contributed by atoms with Crippen LogP contribution in [0.1, 0.15) is 18.9 Å². The molecule has 0 atom stereocenters. The van der Waals surface area contributed by atoms with E-state index >= 15 is 0 Å². The van der Waals surface area contributed by atoms with E-state index in [-0.39, 0.29) is 5.75 Å². The average Bonchev–Trinajstić information content (AvgIpc) is 2.09. The molecule has 1 aromatic carbocycles. The second kappa shape index (κ2) is 4.00. The Bertz CT molecular complexity index is 256. The second-order valence-corrected chi connectivity index (χ2v) is 2.62. The topological polar surface area (TPSA) is 29.5 Å². The Morgan fingerprint density at radius 1 is 1.58 bits per heavy atom. The van der Waals surface area contributed by atoms with Crippen molar-refractivity contribution in [3.63, 3.8) is 0 Å². The molecule has 0 bridgehead atoms. The first kappa shape index (κ1) is 8.91. The van der Waals surface area contributed by atoms with Crippen LogP contribution in [-0.2, 0) is 6.42 Å². The van der Waals surface area contributed by atoms with Crippen molar-refractivity contribution in [1.29, 1.82) is 0 Å². The summed E-state index contributed by atoms with van der Waals surface area (Å²) in [6, 6.07) is 6.21. The molecular formula is C10H13O2. The van der Waals surface area contributed by atoms with Crippen LogP contribution in [0.5, 0.6) is 11.5 Å². The Kier molecular flexibility index (Phi) is 2.97. The Hall–Kier alpha value is -1.18. The van der Waals surface area contributed by atoms with Gasteiger partial charge in [-0.15, -0.1) is 0 Å². The quantitative estimate of drug-likeness (QED) is 0.743. The van der Waals surface area contributed by atoms with Gasteiger partial charge in [0.1, 0.15) is 11.5 Å². The third-order valence-corrected chi connectivity index (χ3v) is 1.76. The van der Waals surface area contributed by atoms with Crippen LogP contribution in [0, 0.1) is 6.07 Å². The minimum atomic E-state index is 0.205. The molecule has 0 heterocycles. The molecule has 1 rings (SSSR count). The van der Waals surface area contributed by atoms with E-state index in [9.17, 15) is 5.11 Å². The minimum absolute atomic E-state index is 0.205. The van der Waals surface area contributed by atoms with Crippen LogP contribution in [0.15, 0.2) is 12.1 Å². The molecule has 1 aromatic rings. The SMILES string of the molecule is CCCc1c(O)[c]ccc1OC. The Morgan fingerprint density at radius 3 is 2.92 bits per heavy atom. The highest BCUT2D eigenvalue weighted by Gasteiger charge is 2.06. The molecule has 0 saturated carbocycles. The Balaban J connectivity index is 3.02. The lowest BCUT2D eigenvalue weighted by atomic mass is 10.1. The van der Waals surface area contributed by atoms with Crippen LogP contribution in [0.2, 0.25) is 0 Å². The van der Waals surface area contributed by atoms with Crippen molar-refractivity contribution in [3.8, 4) is 11.5 Å². The summed E-state index contributed by atoms with van der Waals surface area (Å²) in [5.74, 6) is 0.948. The van der Waals surface area contributed by atoms with E-state index in [1.165, 1.54) is 0 Å². The van der Waals surface area contributed by atoms with Crippen molar-refractivity contribution in [1.82, 2.24) is 0 Å². The monoisotopic (exact) mass is 165 g/mol. The van der Waals surface area contributed by atoms with Crippen molar-refractivity contribution < 1.29 is 9.84 Å². The third-order valence-electron chi connectivity index (χ3n) is 1.76. The molecule has 0 saturated heterocycles. The fourth-order valence-corrected chi connectivity index (χ4v) is 1.18. The number of hydrogen-bond acceptors (Lipinski definition) is 2. The lowest BCUT2D eigenvalue weighted by molar-refractivity contribution is 0.399. The van der Waals surface area contributed by atoms with Gasteiger partial charge in [0.25, 0.3) is 0 Å². The van der Waals surface area contributed by atoms with Crippen molar-refractivity contribution in [3.05, 3.63) is 23.8 Å². The molecule has 0 aliphatic heterocycles. The molecule has 0 fully saturated rings. The van der Waals surface area contributed by atoms with Gasteiger partial charge >= 0.3 is 0 Å². The molecule has 12 heavy (non-hydrogen) atoms. The summed E-state index contributed by atoms with van der Waals surface area (Å²) in [6.07, 6.45) is 1.81. The van der Waals surface area contributed by atoms with Gasteiger partial charge in [-0.25, -0.2) is 0 Å². The van der Waals surface area contributed by atoms with Gasteiger partial charge in [0.15, 0.2) is 0 Å². The Labute approximate surface area is 72.8 Å². The number of hydrogen-bond donors (Lipinski definition) is 1. The number of rotatable bonds is 3. The highest BCUT2D eigenvalue weighted by atomic mass is 16.5. The van der Waals surface area contributed by atoms with Gasteiger partial charge in [-0.05, 0) is 18.6 Å². The molecule has 1 N–H and O–H groups in total. The van der Waals surface area contributed by atoms with Crippen molar-refractivity contribution >= 4 is 0 Å². The largest absolute Gasteiger partial charge is 0.507 e. The summed E-state index contributed by atoms with van der Waals surface area (Å²) >= 11 is 0. The lowest BCUT2D eigenvalue weighted by Crippen LogP contribution is -1.91. The van der Waals surface area contributed by atoms with Crippen molar-refractivity contribution in [2.45, 2.75) is 19.8 Å². The van der Waals surface area contributed by atoms with E-state index in [4.69, 9.17) is 4.74 Å². The maximum atomic E-state index is 9.42. The molecular weight excluding hydrogens is 152 g/mol. The smallest absolute Gasteiger partial charge is 0.130 e. The van der Waals surface area contributed by atoms with Crippen LogP contribution in [0.4, 0.5) is 0 Å². The maximum Gasteiger partial charge on any atom is 0.130 e. The molecule has 0 aromatic heterocycles. The molecule has 2 nitrogen and oxygen atoms in total. The Morgan fingerprint density at radius 2 is 2.33 bits per heavy atom. The predicted molar refractivity (Wildman–Crippen MR) is 47.5 cm³/mol. The van der Waals surface area contributed by atoms with E-state index < -0.39 is 0 Å². The third kappa shape index (κ3) is 1.70. The van der Waals surface area contributed by atoms with Crippen LogP contribution in [0.3, 0.4) is 0 Å². The maximum absolute atomic E-state index is 9.42. The molecule has 0 unspecified atom stereocenters. The molecule has 1 radical (unpaired) electrons. The van der Waals surface area contributed by atoms with Gasteiger partial charge in [0.2, 0.25) is 0 Å². The number of benzene rings is 1. The van der Waals surface area contributed by atoms with E-state index in [2.05, 4.69) is 13.0 Å². The van der Waals surface area contributed by atoms with Gasteiger partial charge in [0.05, 0.1) is 7.11 Å². The number of aromatic hydroxyl groups is 1. The summed E-state index contributed by atoms with van der Waals surface area (Å²) in [4.78, 5) is 0. The molecule has 0 spiro atoms. The number of phenolic OH excluding ortho intramolecular Hbond substituents is 1.